The monoisotopic (exact) mass is 441 g/mol. The van der Waals surface area contributed by atoms with Crippen LogP contribution < -0.4 is 82.6 Å². The standard InChI is InChI=1S/C11H15N5O9P2.3Li/c12-10-14-8-7(9(18)15-10)13-5-16(8)2-6-1-11(6,3-17)4-24-27(22,23)25-26(19,20)21;;;/h2,5,17H,1,3-4H2,(H,22,23)(H2,19,20,21)(H3,12,14,15,18);;;/q;3*+1/p-3/b6-2-;;;/t11-;;;/m0.../s1. The van der Waals surface area contributed by atoms with E-state index in [1.807, 2.05) is 0 Å². The number of aromatic nitrogens is 4. The second-order valence-corrected chi connectivity index (χ2v) is 8.49. The Hall–Kier alpha value is -0.0978. The molecule has 0 aromatic carbocycles. The molecule has 1 aliphatic rings. The molecule has 3 rings (SSSR count). The zero-order valence-corrected chi connectivity index (χ0v) is 18.1. The topological polar surface area (TPSA) is 232 Å². The maximum Gasteiger partial charge on any atom is 1.00 e. The minimum Gasteiger partial charge on any atom is -0.790 e. The summed E-state index contributed by atoms with van der Waals surface area (Å²) in [5.41, 5.74) is 4.45. The molecular formula is C11H12Li3N5O9P2. The van der Waals surface area contributed by atoms with Crippen LogP contribution in [-0.4, -0.2) is 37.8 Å². The van der Waals surface area contributed by atoms with Gasteiger partial charge in [-0.15, -0.1) is 0 Å². The minimum atomic E-state index is -5.80. The average molecular weight is 441 g/mol. The third kappa shape index (κ3) is 6.95. The van der Waals surface area contributed by atoms with Crippen molar-refractivity contribution in [2.75, 3.05) is 18.9 Å². The molecule has 1 saturated carbocycles. The van der Waals surface area contributed by atoms with Crippen LogP contribution >= 0.6 is 15.6 Å². The second kappa shape index (κ2) is 10.7. The number of aliphatic hydroxyl groups excluding tert-OH is 1. The zero-order valence-electron chi connectivity index (χ0n) is 16.3. The van der Waals surface area contributed by atoms with E-state index in [4.69, 9.17) is 5.73 Å². The normalized spacial score (nSPS) is 21.3. The van der Waals surface area contributed by atoms with Crippen molar-refractivity contribution in [3.8, 4) is 0 Å². The van der Waals surface area contributed by atoms with E-state index in [1.165, 1.54) is 17.1 Å². The summed E-state index contributed by atoms with van der Waals surface area (Å²) in [4.78, 5) is 54.0. The first-order chi connectivity index (χ1) is 12.4. The van der Waals surface area contributed by atoms with Crippen LogP contribution in [0.15, 0.2) is 16.7 Å². The molecule has 0 amide bonds. The Balaban J connectivity index is 0.00000280. The van der Waals surface area contributed by atoms with Gasteiger partial charge in [0.25, 0.3) is 13.4 Å². The molecule has 1 aliphatic carbocycles. The predicted molar refractivity (Wildman–Crippen MR) is 83.2 cm³/mol. The van der Waals surface area contributed by atoms with E-state index in [0.29, 0.717) is 5.57 Å². The number of phosphoric acid groups is 2. The number of nitrogens with zero attached hydrogens (tertiary/aromatic N) is 3. The van der Waals surface area contributed by atoms with Crippen molar-refractivity contribution in [1.29, 1.82) is 0 Å². The molecule has 2 atom stereocenters. The Morgan fingerprint density at radius 2 is 1.97 bits per heavy atom. The van der Waals surface area contributed by atoms with E-state index in [0.717, 1.165) is 0 Å². The summed E-state index contributed by atoms with van der Waals surface area (Å²) in [5, 5.41) is 9.54. The molecule has 0 spiro atoms. The Morgan fingerprint density at radius 3 is 2.53 bits per heavy atom. The second-order valence-electron chi connectivity index (χ2n) is 5.79. The fourth-order valence-corrected chi connectivity index (χ4v) is 3.98. The molecule has 148 valence electrons. The van der Waals surface area contributed by atoms with Crippen LogP contribution in [0, 0.1) is 5.41 Å². The Bertz CT molecular complexity index is 1090. The van der Waals surface area contributed by atoms with Gasteiger partial charge in [0.05, 0.1) is 21.0 Å². The SMILES string of the molecule is Nc1nc2c(ncn2/C=C2/C[C@]2(CO)COP(=O)([O-])OP(=O)([O-])[O-])c(=O)[nH]1.[Li+].[Li+].[Li+]. The van der Waals surface area contributed by atoms with Gasteiger partial charge in [-0.05, 0) is 12.0 Å². The number of nitrogen functional groups attached to an aromatic ring is 1. The third-order valence-electron chi connectivity index (χ3n) is 3.83. The summed E-state index contributed by atoms with van der Waals surface area (Å²) in [5.74, 6) is -0.135. The number of rotatable bonds is 7. The summed E-state index contributed by atoms with van der Waals surface area (Å²) >= 11 is 0. The van der Waals surface area contributed by atoms with Gasteiger partial charge in [-0.25, -0.2) is 4.98 Å². The molecule has 0 aliphatic heterocycles. The summed E-state index contributed by atoms with van der Waals surface area (Å²) in [7, 11) is -11.2. The number of phosphoric ester groups is 1. The van der Waals surface area contributed by atoms with Crippen LogP contribution in [-0.2, 0) is 18.0 Å². The number of anilines is 1. The van der Waals surface area contributed by atoms with Gasteiger partial charge in [-0.1, -0.05) is 0 Å². The molecule has 2 heterocycles. The Labute approximate surface area is 205 Å². The molecule has 19 heteroatoms. The summed E-state index contributed by atoms with van der Waals surface area (Å²) in [6.45, 7) is -1.19. The van der Waals surface area contributed by atoms with Crippen molar-refractivity contribution in [2.45, 2.75) is 6.42 Å². The average Bonchev–Trinajstić information content (AvgIpc) is 3.06. The van der Waals surface area contributed by atoms with E-state index < -0.39 is 39.8 Å². The quantitative estimate of drug-likeness (QED) is 0.269. The number of imidazole rings is 1. The maximum absolute atomic E-state index is 11.7. The van der Waals surface area contributed by atoms with Crippen molar-refractivity contribution in [3.63, 3.8) is 0 Å². The van der Waals surface area contributed by atoms with Gasteiger partial charge < -0.3 is 34.6 Å². The van der Waals surface area contributed by atoms with Crippen LogP contribution in [0.5, 0.6) is 0 Å². The molecule has 4 N–H and O–H groups in total. The Morgan fingerprint density at radius 1 is 1.33 bits per heavy atom. The van der Waals surface area contributed by atoms with Crippen LogP contribution in [0.2, 0.25) is 0 Å². The largest absolute Gasteiger partial charge is 1.00 e. The number of H-pyrrole nitrogens is 1. The molecule has 30 heavy (non-hydrogen) atoms. The van der Waals surface area contributed by atoms with Gasteiger partial charge in [-0.3, -0.25) is 23.2 Å². The van der Waals surface area contributed by atoms with Crippen LogP contribution in [0.1, 0.15) is 6.42 Å². The number of aromatic amines is 1. The number of fused-ring (bicyclic) bond motifs is 1. The third-order valence-corrected chi connectivity index (χ3v) is 5.88. The molecule has 2 aromatic heterocycles. The van der Waals surface area contributed by atoms with Gasteiger partial charge in [0.2, 0.25) is 5.95 Å². The first-order valence-corrected chi connectivity index (χ1v) is 10.1. The maximum atomic E-state index is 11.7. The van der Waals surface area contributed by atoms with E-state index in [-0.39, 0.29) is 80.1 Å². The summed E-state index contributed by atoms with van der Waals surface area (Å²) in [6, 6.07) is 0. The van der Waals surface area contributed by atoms with Crippen molar-refractivity contribution in [3.05, 3.63) is 22.3 Å². The number of hydrogen-bond acceptors (Lipinski definition) is 12. The molecule has 0 saturated heterocycles. The number of nitrogens with two attached hydrogens (primary N) is 1. The summed E-state index contributed by atoms with van der Waals surface area (Å²) in [6.07, 6.45) is 2.91. The van der Waals surface area contributed by atoms with E-state index in [2.05, 4.69) is 23.8 Å². The van der Waals surface area contributed by atoms with Gasteiger partial charge >= 0.3 is 56.6 Å². The minimum absolute atomic E-state index is 0. The fraction of sp³-hybridized carbons (Fsp3) is 0.364. The van der Waals surface area contributed by atoms with E-state index >= 15 is 0 Å². The number of nitrogens with one attached hydrogen (secondary N) is 1. The van der Waals surface area contributed by atoms with Gasteiger partial charge in [0.1, 0.15) is 6.33 Å². The first kappa shape index (κ1) is 29.9. The fourth-order valence-electron chi connectivity index (χ4n) is 2.40. The molecule has 2 aromatic rings. The Kier molecular flexibility index (Phi) is 10.6. The van der Waals surface area contributed by atoms with Gasteiger partial charge in [-0.2, -0.15) is 4.98 Å². The molecule has 0 bridgehead atoms. The predicted octanol–water partition coefficient (Wildman–Crippen LogP) is -11.7. The number of aliphatic hydroxyl groups is 1. The van der Waals surface area contributed by atoms with Crippen molar-refractivity contribution >= 4 is 39.0 Å². The van der Waals surface area contributed by atoms with Crippen LogP contribution in [0.3, 0.4) is 0 Å². The van der Waals surface area contributed by atoms with Crippen molar-refractivity contribution in [2.24, 2.45) is 5.41 Å². The van der Waals surface area contributed by atoms with E-state index in [1.54, 1.807) is 0 Å². The molecule has 14 nitrogen and oxygen atoms in total. The van der Waals surface area contributed by atoms with Crippen molar-refractivity contribution in [1.82, 2.24) is 19.5 Å². The summed E-state index contributed by atoms with van der Waals surface area (Å²) < 4.78 is 30.8. The molecule has 1 unspecified atom stereocenters. The molecule has 1 fully saturated rings. The number of hydrogen-bond donors (Lipinski definition) is 3. The van der Waals surface area contributed by atoms with Gasteiger partial charge in [0, 0.05) is 11.6 Å². The zero-order chi connectivity index (χ0) is 20.0. The van der Waals surface area contributed by atoms with Crippen LogP contribution in [0.25, 0.3) is 17.4 Å². The van der Waals surface area contributed by atoms with Crippen molar-refractivity contribution < 1.29 is 94.3 Å². The first-order valence-electron chi connectivity index (χ1n) is 7.18. The van der Waals surface area contributed by atoms with Crippen LogP contribution in [0.4, 0.5) is 5.95 Å². The van der Waals surface area contributed by atoms with Gasteiger partial charge in [0.15, 0.2) is 11.2 Å². The van der Waals surface area contributed by atoms with E-state index in [9.17, 15) is 33.7 Å². The molecule has 0 radical (unpaired) electrons. The molecular weight excluding hydrogens is 429 g/mol. The smallest absolute Gasteiger partial charge is 0.790 e.